The Morgan fingerprint density at radius 3 is 2.54 bits per heavy atom. The molecule has 0 radical (unpaired) electrons. The molecule has 5 nitrogen and oxygen atoms in total. The summed E-state index contributed by atoms with van der Waals surface area (Å²) in [6, 6.07) is 11.2. The van der Waals surface area contributed by atoms with Crippen LogP contribution in [0.25, 0.3) is 11.0 Å². The van der Waals surface area contributed by atoms with Crippen LogP contribution in [0.5, 0.6) is 5.75 Å². The molecule has 3 aromatic rings. The number of phenols is 1. The van der Waals surface area contributed by atoms with Crippen LogP contribution in [0.15, 0.2) is 36.4 Å². The average molecular weight is 373 g/mol. The van der Waals surface area contributed by atoms with Crippen LogP contribution < -0.4 is 10.2 Å². The third-order valence-corrected chi connectivity index (χ3v) is 4.64. The van der Waals surface area contributed by atoms with Crippen molar-refractivity contribution in [3.8, 4) is 5.75 Å². The molecule has 0 amide bonds. The van der Waals surface area contributed by atoms with Gasteiger partial charge < -0.3 is 19.9 Å². The molecule has 0 bridgehead atoms. The lowest BCUT2D eigenvalue weighted by Gasteiger charge is -2.25. The lowest BCUT2D eigenvalue weighted by molar-refractivity contribution is 0.477. The molecule has 138 valence electrons. The largest absolute Gasteiger partial charge is 0.506 e. The summed E-state index contributed by atoms with van der Waals surface area (Å²) in [5.74, 6) is 0.779. The van der Waals surface area contributed by atoms with Gasteiger partial charge in [0.05, 0.1) is 22.4 Å². The summed E-state index contributed by atoms with van der Waals surface area (Å²) in [6.07, 6.45) is 2.19. The van der Waals surface area contributed by atoms with Crippen LogP contribution in [0.4, 0.5) is 17.3 Å². The van der Waals surface area contributed by atoms with E-state index in [0.717, 1.165) is 37.0 Å². The number of fused-ring (bicyclic) bond motifs is 1. The highest BCUT2D eigenvalue weighted by atomic mass is 35.5. The van der Waals surface area contributed by atoms with Gasteiger partial charge in [-0.15, -0.1) is 0 Å². The van der Waals surface area contributed by atoms with Crippen LogP contribution in [0.3, 0.4) is 0 Å². The standard InChI is InChI=1S/C20H25ClN4O/c1-4-11-25(12-5-2)17-8-6-7-16-19(17)24(3)20(23-16)22-15-10-9-14(21)13-18(15)26/h6-10,13,26H,4-5,11-12H2,1-3H3,(H,22,23). The lowest BCUT2D eigenvalue weighted by atomic mass is 10.2. The molecule has 0 spiro atoms. The van der Waals surface area contributed by atoms with Gasteiger partial charge in [-0.05, 0) is 37.1 Å². The first-order valence-corrected chi connectivity index (χ1v) is 9.38. The molecule has 1 aromatic heterocycles. The molecule has 26 heavy (non-hydrogen) atoms. The summed E-state index contributed by atoms with van der Waals surface area (Å²) < 4.78 is 2.04. The fourth-order valence-electron chi connectivity index (χ4n) is 3.24. The van der Waals surface area contributed by atoms with E-state index in [9.17, 15) is 5.11 Å². The van der Waals surface area contributed by atoms with Crippen molar-refractivity contribution in [1.82, 2.24) is 9.55 Å². The molecule has 0 aliphatic rings. The number of anilines is 3. The molecule has 0 unspecified atom stereocenters. The number of hydrogen-bond acceptors (Lipinski definition) is 4. The summed E-state index contributed by atoms with van der Waals surface area (Å²) in [6.45, 7) is 6.42. The Morgan fingerprint density at radius 2 is 1.88 bits per heavy atom. The normalized spacial score (nSPS) is 11.1. The van der Waals surface area contributed by atoms with Crippen LogP contribution in [0.2, 0.25) is 5.02 Å². The molecule has 0 saturated carbocycles. The topological polar surface area (TPSA) is 53.3 Å². The summed E-state index contributed by atoms with van der Waals surface area (Å²) in [4.78, 5) is 7.13. The van der Waals surface area contributed by atoms with Gasteiger partial charge in [0.1, 0.15) is 5.75 Å². The number of hydrogen-bond donors (Lipinski definition) is 2. The Bertz CT molecular complexity index is 900. The van der Waals surface area contributed by atoms with Gasteiger partial charge in [0, 0.05) is 31.2 Å². The Kier molecular flexibility index (Phi) is 5.57. The third kappa shape index (κ3) is 3.58. The SMILES string of the molecule is CCCN(CCC)c1cccc2nc(Nc3ccc(Cl)cc3O)n(C)c12. The van der Waals surface area contributed by atoms with Gasteiger partial charge in [-0.1, -0.05) is 31.5 Å². The van der Waals surface area contributed by atoms with E-state index in [1.807, 2.05) is 23.7 Å². The molecule has 2 N–H and O–H groups in total. The van der Waals surface area contributed by atoms with Crippen LogP contribution in [-0.2, 0) is 7.05 Å². The third-order valence-electron chi connectivity index (χ3n) is 4.41. The molecule has 0 aliphatic heterocycles. The monoisotopic (exact) mass is 372 g/mol. The number of aromatic nitrogens is 2. The minimum absolute atomic E-state index is 0.100. The Hall–Kier alpha value is -2.40. The van der Waals surface area contributed by atoms with Crippen LogP contribution in [0.1, 0.15) is 26.7 Å². The highest BCUT2D eigenvalue weighted by Crippen LogP contribution is 2.33. The first-order chi connectivity index (χ1) is 12.5. The fourth-order valence-corrected chi connectivity index (χ4v) is 3.41. The van der Waals surface area contributed by atoms with Gasteiger partial charge in [0.2, 0.25) is 5.95 Å². The first-order valence-electron chi connectivity index (χ1n) is 9.01. The quantitative estimate of drug-likeness (QED) is 0.552. The predicted molar refractivity (Wildman–Crippen MR) is 110 cm³/mol. The van der Waals surface area contributed by atoms with Gasteiger partial charge in [-0.2, -0.15) is 0 Å². The number of aromatic hydroxyl groups is 1. The Morgan fingerprint density at radius 1 is 1.15 bits per heavy atom. The highest BCUT2D eigenvalue weighted by Gasteiger charge is 2.16. The van der Waals surface area contributed by atoms with E-state index in [0.29, 0.717) is 16.7 Å². The van der Waals surface area contributed by atoms with E-state index in [1.165, 1.54) is 11.8 Å². The molecule has 0 fully saturated rings. The van der Waals surface area contributed by atoms with Crippen molar-refractivity contribution in [3.05, 3.63) is 41.4 Å². The minimum atomic E-state index is 0.100. The fraction of sp³-hybridized carbons (Fsp3) is 0.350. The highest BCUT2D eigenvalue weighted by molar-refractivity contribution is 6.30. The van der Waals surface area contributed by atoms with Gasteiger partial charge >= 0.3 is 0 Å². The number of aryl methyl sites for hydroxylation is 1. The van der Waals surface area contributed by atoms with E-state index < -0.39 is 0 Å². The maximum Gasteiger partial charge on any atom is 0.208 e. The molecular formula is C20H25ClN4O. The summed E-state index contributed by atoms with van der Waals surface area (Å²) in [5.41, 5.74) is 3.78. The molecule has 0 atom stereocenters. The molecule has 1 heterocycles. The van der Waals surface area contributed by atoms with Gasteiger partial charge in [0.15, 0.2) is 0 Å². The van der Waals surface area contributed by atoms with Crippen molar-refractivity contribution in [2.45, 2.75) is 26.7 Å². The van der Waals surface area contributed by atoms with Crippen molar-refractivity contribution < 1.29 is 5.11 Å². The molecule has 6 heteroatoms. The summed E-state index contributed by atoms with van der Waals surface area (Å²) in [7, 11) is 1.99. The van der Waals surface area contributed by atoms with Crippen LogP contribution in [-0.4, -0.2) is 27.7 Å². The molecule has 0 aliphatic carbocycles. The van der Waals surface area contributed by atoms with E-state index >= 15 is 0 Å². The van der Waals surface area contributed by atoms with E-state index in [1.54, 1.807) is 12.1 Å². The maximum atomic E-state index is 10.1. The van der Waals surface area contributed by atoms with Gasteiger partial charge in [-0.25, -0.2) is 4.98 Å². The second-order valence-corrected chi connectivity index (χ2v) is 6.85. The number of rotatable bonds is 7. The van der Waals surface area contributed by atoms with Crippen LogP contribution in [0, 0.1) is 0 Å². The predicted octanol–water partition coefficient (Wildman–Crippen LogP) is 5.30. The minimum Gasteiger partial charge on any atom is -0.506 e. The van der Waals surface area contributed by atoms with Crippen molar-refractivity contribution >= 4 is 40.0 Å². The first kappa shape index (κ1) is 18.4. The number of nitrogens with one attached hydrogen (secondary N) is 1. The smallest absolute Gasteiger partial charge is 0.208 e. The number of para-hydroxylation sites is 1. The van der Waals surface area contributed by atoms with Gasteiger partial charge in [-0.3, -0.25) is 0 Å². The molecule has 0 saturated heterocycles. The van der Waals surface area contributed by atoms with E-state index in [4.69, 9.17) is 16.6 Å². The zero-order chi connectivity index (χ0) is 18.7. The molecular weight excluding hydrogens is 348 g/mol. The summed E-state index contributed by atoms with van der Waals surface area (Å²) in [5, 5.41) is 13.8. The van der Waals surface area contributed by atoms with E-state index in [2.05, 4.69) is 30.1 Å². The number of nitrogens with zero attached hydrogens (tertiary/aromatic N) is 3. The second kappa shape index (κ2) is 7.87. The molecule has 3 rings (SSSR count). The average Bonchev–Trinajstić information content (AvgIpc) is 2.93. The lowest BCUT2D eigenvalue weighted by Crippen LogP contribution is -2.25. The Labute approximate surface area is 159 Å². The Balaban J connectivity index is 2.04. The number of halogens is 1. The second-order valence-electron chi connectivity index (χ2n) is 6.41. The number of benzene rings is 2. The zero-order valence-electron chi connectivity index (χ0n) is 15.5. The van der Waals surface area contributed by atoms with Gasteiger partial charge in [0.25, 0.3) is 0 Å². The number of imidazole rings is 1. The van der Waals surface area contributed by atoms with Crippen LogP contribution >= 0.6 is 11.6 Å². The van der Waals surface area contributed by atoms with E-state index in [-0.39, 0.29) is 5.75 Å². The molecule has 2 aromatic carbocycles. The van der Waals surface area contributed by atoms with Crippen molar-refractivity contribution in [3.63, 3.8) is 0 Å². The number of phenolic OH excluding ortho intramolecular Hbond substituents is 1. The van der Waals surface area contributed by atoms with Crippen molar-refractivity contribution in [2.75, 3.05) is 23.3 Å². The summed E-state index contributed by atoms with van der Waals surface area (Å²) >= 11 is 5.92. The maximum absolute atomic E-state index is 10.1. The van der Waals surface area contributed by atoms with Crippen molar-refractivity contribution in [2.24, 2.45) is 7.05 Å². The van der Waals surface area contributed by atoms with Crippen molar-refractivity contribution in [1.29, 1.82) is 0 Å². The zero-order valence-corrected chi connectivity index (χ0v) is 16.2.